The number of hydrogen-bond acceptors (Lipinski definition) is 5. The van der Waals surface area contributed by atoms with E-state index < -0.39 is 0 Å². The number of imidazole rings is 2. The number of aryl methyl sites for hydroxylation is 2. The highest BCUT2D eigenvalue weighted by Crippen LogP contribution is 2.28. The lowest BCUT2D eigenvalue weighted by atomic mass is 10.1. The molecule has 5 rings (SSSR count). The molecule has 33 heavy (non-hydrogen) atoms. The zero-order valence-electron chi connectivity index (χ0n) is 17.8. The molecule has 2 heterocycles. The summed E-state index contributed by atoms with van der Waals surface area (Å²) in [5, 5.41) is 21.3. The lowest BCUT2D eigenvalue weighted by Crippen LogP contribution is -2.04. The Bertz CT molecular complexity index is 1460. The van der Waals surface area contributed by atoms with E-state index in [0.717, 1.165) is 40.2 Å². The van der Waals surface area contributed by atoms with Crippen molar-refractivity contribution in [3.8, 4) is 6.07 Å². The van der Waals surface area contributed by atoms with E-state index in [1.54, 1.807) is 0 Å². The summed E-state index contributed by atoms with van der Waals surface area (Å²) >= 11 is 1.41. The highest BCUT2D eigenvalue weighted by atomic mass is 32.2. The second-order valence-corrected chi connectivity index (χ2v) is 8.54. The van der Waals surface area contributed by atoms with Crippen LogP contribution in [0.5, 0.6) is 0 Å². The quantitative estimate of drug-likeness (QED) is 0.187. The van der Waals surface area contributed by atoms with Crippen molar-refractivity contribution >= 4 is 39.4 Å². The SMILES string of the molecule is N#CC(=C(O)CSc1nc2ccccc2n1CCc1ccccc1)c1nc2ccccc2[nH]1. The smallest absolute Gasteiger partial charge is 0.169 e. The van der Waals surface area contributed by atoms with Gasteiger partial charge >= 0.3 is 0 Å². The molecule has 0 amide bonds. The van der Waals surface area contributed by atoms with Crippen LogP contribution in [-0.2, 0) is 13.0 Å². The van der Waals surface area contributed by atoms with Crippen molar-refractivity contribution < 1.29 is 5.11 Å². The summed E-state index contributed by atoms with van der Waals surface area (Å²) in [7, 11) is 0. The molecule has 7 heteroatoms. The van der Waals surface area contributed by atoms with E-state index in [-0.39, 0.29) is 17.1 Å². The summed E-state index contributed by atoms with van der Waals surface area (Å²) in [4.78, 5) is 12.3. The fraction of sp³-hybridized carbons (Fsp3) is 0.115. The van der Waals surface area contributed by atoms with Gasteiger partial charge in [0.15, 0.2) is 11.0 Å². The van der Waals surface area contributed by atoms with Gasteiger partial charge in [0.25, 0.3) is 0 Å². The lowest BCUT2D eigenvalue weighted by molar-refractivity contribution is 0.420. The van der Waals surface area contributed by atoms with Gasteiger partial charge in [0.2, 0.25) is 0 Å². The fourth-order valence-corrected chi connectivity index (χ4v) is 4.71. The van der Waals surface area contributed by atoms with Gasteiger partial charge in [-0.1, -0.05) is 66.4 Å². The number of nitrogens with zero attached hydrogens (tertiary/aromatic N) is 4. The number of thioether (sulfide) groups is 1. The van der Waals surface area contributed by atoms with Crippen LogP contribution in [0.25, 0.3) is 27.6 Å². The molecule has 0 unspecified atom stereocenters. The Hall–Kier alpha value is -4.02. The molecule has 2 N–H and O–H groups in total. The minimum atomic E-state index is -0.0248. The van der Waals surface area contributed by atoms with Crippen LogP contribution >= 0.6 is 11.8 Å². The predicted molar refractivity (Wildman–Crippen MR) is 132 cm³/mol. The fourth-order valence-electron chi connectivity index (χ4n) is 3.80. The Kier molecular flexibility index (Phi) is 5.83. The van der Waals surface area contributed by atoms with E-state index in [1.807, 2.05) is 60.7 Å². The Balaban J connectivity index is 1.41. The van der Waals surface area contributed by atoms with E-state index in [2.05, 4.69) is 38.8 Å². The zero-order chi connectivity index (χ0) is 22.6. The number of benzene rings is 3. The maximum atomic E-state index is 10.8. The highest BCUT2D eigenvalue weighted by molar-refractivity contribution is 7.99. The summed E-state index contributed by atoms with van der Waals surface area (Å²) in [6.07, 6.45) is 0.874. The average Bonchev–Trinajstić information content (AvgIpc) is 3.43. The molecule has 0 fully saturated rings. The van der Waals surface area contributed by atoms with Gasteiger partial charge in [-0.25, -0.2) is 9.97 Å². The Morgan fingerprint density at radius 1 is 0.939 bits per heavy atom. The molecule has 0 saturated heterocycles. The van der Waals surface area contributed by atoms with Gasteiger partial charge in [-0.2, -0.15) is 5.26 Å². The first-order valence-electron chi connectivity index (χ1n) is 10.6. The first-order chi connectivity index (χ1) is 16.2. The molecule has 0 bridgehead atoms. The van der Waals surface area contributed by atoms with Crippen molar-refractivity contribution in [3.63, 3.8) is 0 Å². The van der Waals surface area contributed by atoms with Gasteiger partial charge < -0.3 is 14.7 Å². The summed E-state index contributed by atoms with van der Waals surface area (Å²) in [5.74, 6) is 0.562. The van der Waals surface area contributed by atoms with E-state index >= 15 is 0 Å². The van der Waals surface area contributed by atoms with Gasteiger partial charge in [0.1, 0.15) is 17.4 Å². The monoisotopic (exact) mass is 451 g/mol. The van der Waals surface area contributed by atoms with Gasteiger partial charge in [-0.15, -0.1) is 0 Å². The van der Waals surface area contributed by atoms with Crippen LogP contribution < -0.4 is 0 Å². The number of para-hydroxylation sites is 4. The number of H-pyrrole nitrogens is 1. The minimum Gasteiger partial charge on any atom is -0.510 e. The zero-order valence-corrected chi connectivity index (χ0v) is 18.6. The predicted octanol–water partition coefficient (Wildman–Crippen LogP) is 5.74. The molecule has 162 valence electrons. The number of aliphatic hydroxyl groups is 1. The van der Waals surface area contributed by atoms with Gasteiger partial charge in [-0.05, 0) is 36.2 Å². The summed E-state index contributed by atoms with van der Waals surface area (Å²) in [5.41, 5.74) is 4.94. The lowest BCUT2D eigenvalue weighted by Gasteiger charge is -2.09. The third-order valence-corrected chi connectivity index (χ3v) is 6.44. The van der Waals surface area contributed by atoms with E-state index in [4.69, 9.17) is 4.98 Å². The number of aliphatic hydroxyl groups excluding tert-OH is 1. The molecule has 0 atom stereocenters. The third-order valence-electron chi connectivity index (χ3n) is 5.45. The number of rotatable bonds is 7. The van der Waals surface area contributed by atoms with Gasteiger partial charge in [-0.3, -0.25) is 0 Å². The second kappa shape index (κ2) is 9.23. The van der Waals surface area contributed by atoms with Crippen LogP contribution in [0.1, 0.15) is 11.4 Å². The minimum absolute atomic E-state index is 0.0248. The molecule has 0 aliphatic heterocycles. The molecular formula is C26H21N5OS. The first kappa shape index (κ1) is 20.9. The van der Waals surface area contributed by atoms with Crippen LogP contribution in [0.15, 0.2) is 89.8 Å². The molecule has 5 aromatic rings. The van der Waals surface area contributed by atoms with Crippen LogP contribution in [0.2, 0.25) is 0 Å². The molecule has 0 aliphatic rings. The van der Waals surface area contributed by atoms with Crippen molar-refractivity contribution in [3.05, 3.63) is 96.0 Å². The number of aromatic amines is 1. The Labute approximate surface area is 195 Å². The molecule has 2 aromatic heterocycles. The number of fused-ring (bicyclic) bond motifs is 2. The van der Waals surface area contributed by atoms with E-state index in [1.165, 1.54) is 17.3 Å². The summed E-state index contributed by atoms with van der Waals surface area (Å²) in [6.45, 7) is 0.770. The highest BCUT2D eigenvalue weighted by Gasteiger charge is 2.16. The normalized spacial score (nSPS) is 12.1. The third kappa shape index (κ3) is 4.34. The summed E-state index contributed by atoms with van der Waals surface area (Å²) in [6, 6.07) is 28.0. The van der Waals surface area contributed by atoms with Crippen molar-refractivity contribution in [1.29, 1.82) is 5.26 Å². The first-order valence-corrected chi connectivity index (χ1v) is 11.6. The average molecular weight is 452 g/mol. The molecule has 0 aliphatic carbocycles. The van der Waals surface area contributed by atoms with Crippen molar-refractivity contribution in [2.24, 2.45) is 0 Å². The number of allylic oxidation sites excluding steroid dienone is 1. The van der Waals surface area contributed by atoms with Gasteiger partial charge in [0, 0.05) is 6.54 Å². The number of nitriles is 1. The maximum absolute atomic E-state index is 10.8. The molecular weight excluding hydrogens is 430 g/mol. The number of nitrogens with one attached hydrogen (secondary N) is 1. The van der Waals surface area contributed by atoms with E-state index in [9.17, 15) is 10.4 Å². The number of aromatic nitrogens is 4. The van der Waals surface area contributed by atoms with Crippen molar-refractivity contribution in [2.45, 2.75) is 18.1 Å². The molecule has 3 aromatic carbocycles. The molecule has 0 spiro atoms. The van der Waals surface area contributed by atoms with Crippen molar-refractivity contribution in [2.75, 3.05) is 5.75 Å². The van der Waals surface area contributed by atoms with E-state index in [0.29, 0.717) is 5.82 Å². The maximum Gasteiger partial charge on any atom is 0.169 e. The second-order valence-electron chi connectivity index (χ2n) is 7.60. The molecule has 0 saturated carbocycles. The van der Waals surface area contributed by atoms with Gasteiger partial charge in [0.05, 0.1) is 27.8 Å². The number of hydrogen-bond donors (Lipinski definition) is 2. The van der Waals surface area contributed by atoms with Crippen LogP contribution in [0.4, 0.5) is 0 Å². The summed E-state index contributed by atoms with van der Waals surface area (Å²) < 4.78 is 2.17. The standard InChI is InChI=1S/C26H21N5OS/c27-16-19(25-28-20-10-4-5-11-21(20)29-25)24(32)17-33-26-30-22-12-6-7-13-23(22)31(26)15-14-18-8-2-1-3-9-18/h1-13,32H,14-15,17H2,(H,28,29). The van der Waals surface area contributed by atoms with Crippen LogP contribution in [-0.4, -0.2) is 30.4 Å². The largest absolute Gasteiger partial charge is 0.510 e. The topological polar surface area (TPSA) is 90.5 Å². The Morgan fingerprint density at radius 3 is 2.45 bits per heavy atom. The van der Waals surface area contributed by atoms with Crippen molar-refractivity contribution in [1.82, 2.24) is 19.5 Å². The molecule has 6 nitrogen and oxygen atoms in total. The molecule has 0 radical (unpaired) electrons. The Morgan fingerprint density at radius 2 is 1.67 bits per heavy atom. The van der Waals surface area contributed by atoms with Crippen LogP contribution in [0, 0.1) is 11.3 Å². The van der Waals surface area contributed by atoms with Crippen LogP contribution in [0.3, 0.4) is 0 Å².